The first-order valence-electron chi connectivity index (χ1n) is 8.69. The Balaban J connectivity index is 2.02. The van der Waals surface area contributed by atoms with Crippen molar-refractivity contribution in [1.82, 2.24) is 4.90 Å². The topological polar surface area (TPSA) is 57.6 Å². The molecule has 0 radical (unpaired) electrons. The van der Waals surface area contributed by atoms with Crippen LogP contribution in [0.15, 0.2) is 24.3 Å². The van der Waals surface area contributed by atoms with Crippen LogP contribution in [-0.2, 0) is 11.2 Å². The highest BCUT2D eigenvalue weighted by Crippen LogP contribution is 2.28. The number of carboxylic acid groups (broad SMARTS) is 1. The van der Waals surface area contributed by atoms with Crippen molar-refractivity contribution < 1.29 is 14.7 Å². The summed E-state index contributed by atoms with van der Waals surface area (Å²) in [5, 5.41) is 9.10. The molecule has 0 bridgehead atoms. The van der Waals surface area contributed by atoms with Crippen LogP contribution < -0.4 is 0 Å². The summed E-state index contributed by atoms with van der Waals surface area (Å²) in [4.78, 5) is 25.7. The van der Waals surface area contributed by atoms with Gasteiger partial charge in [-0.2, -0.15) is 0 Å². The average molecular weight is 317 g/mol. The molecule has 0 spiro atoms. The van der Waals surface area contributed by atoms with Crippen LogP contribution in [-0.4, -0.2) is 34.5 Å². The van der Waals surface area contributed by atoms with Gasteiger partial charge < -0.3 is 10.0 Å². The maximum Gasteiger partial charge on any atom is 0.306 e. The Morgan fingerprint density at radius 2 is 1.70 bits per heavy atom. The molecular formula is C19H27NO3. The van der Waals surface area contributed by atoms with Gasteiger partial charge >= 0.3 is 5.97 Å². The lowest BCUT2D eigenvalue weighted by molar-refractivity contribution is -0.143. The Labute approximate surface area is 138 Å². The van der Waals surface area contributed by atoms with E-state index < -0.39 is 5.97 Å². The van der Waals surface area contributed by atoms with Crippen molar-refractivity contribution in [3.8, 4) is 0 Å². The lowest BCUT2D eigenvalue weighted by atomic mass is 9.85. The maximum absolute atomic E-state index is 12.8. The second-order valence-electron chi connectivity index (χ2n) is 6.38. The van der Waals surface area contributed by atoms with Crippen LogP contribution in [0.3, 0.4) is 0 Å². The molecule has 1 fully saturated rings. The number of benzene rings is 1. The van der Waals surface area contributed by atoms with Gasteiger partial charge in [-0.05, 0) is 56.7 Å². The summed E-state index contributed by atoms with van der Waals surface area (Å²) in [5.74, 6) is -0.882. The van der Waals surface area contributed by atoms with E-state index in [9.17, 15) is 9.59 Å². The molecule has 23 heavy (non-hydrogen) atoms. The van der Waals surface area contributed by atoms with Gasteiger partial charge in [0.15, 0.2) is 0 Å². The van der Waals surface area contributed by atoms with E-state index >= 15 is 0 Å². The largest absolute Gasteiger partial charge is 0.481 e. The summed E-state index contributed by atoms with van der Waals surface area (Å²) >= 11 is 0. The molecule has 1 aromatic rings. The third-order valence-electron chi connectivity index (χ3n) is 4.83. The fourth-order valence-electron chi connectivity index (χ4n) is 3.47. The van der Waals surface area contributed by atoms with Gasteiger partial charge in [-0.3, -0.25) is 9.59 Å². The highest BCUT2D eigenvalue weighted by Gasteiger charge is 2.31. The van der Waals surface area contributed by atoms with Crippen LogP contribution >= 0.6 is 0 Å². The molecule has 1 aromatic carbocycles. The van der Waals surface area contributed by atoms with E-state index in [-0.39, 0.29) is 17.9 Å². The number of aliphatic carboxylic acids is 1. The highest BCUT2D eigenvalue weighted by molar-refractivity contribution is 5.94. The van der Waals surface area contributed by atoms with E-state index in [0.29, 0.717) is 19.4 Å². The summed E-state index contributed by atoms with van der Waals surface area (Å²) in [6.07, 6.45) is 5.03. The molecule has 1 N–H and O–H groups in total. The van der Waals surface area contributed by atoms with Crippen molar-refractivity contribution in [2.24, 2.45) is 5.92 Å². The minimum atomic E-state index is -0.704. The third kappa shape index (κ3) is 4.34. The lowest BCUT2D eigenvalue weighted by Crippen LogP contribution is -2.43. The standard InChI is InChI=1S/C19H27NO3/c1-3-5-14-6-8-15(9-7-14)18(21)20(4-2)17-12-10-16(11-13-17)19(22)23/h6-9,16-17H,3-5,10-13H2,1-2H3,(H,22,23). The zero-order valence-corrected chi connectivity index (χ0v) is 14.1. The summed E-state index contributed by atoms with van der Waals surface area (Å²) < 4.78 is 0. The van der Waals surface area contributed by atoms with Gasteiger partial charge in [0.1, 0.15) is 0 Å². The summed E-state index contributed by atoms with van der Waals surface area (Å²) in [6.45, 7) is 4.80. The van der Waals surface area contributed by atoms with Crippen molar-refractivity contribution in [1.29, 1.82) is 0 Å². The summed E-state index contributed by atoms with van der Waals surface area (Å²) in [6, 6.07) is 8.06. The second kappa shape index (κ2) is 8.14. The molecule has 4 nitrogen and oxygen atoms in total. The number of aryl methyl sites for hydroxylation is 1. The van der Waals surface area contributed by atoms with Gasteiger partial charge in [0.25, 0.3) is 5.91 Å². The molecule has 126 valence electrons. The quantitative estimate of drug-likeness (QED) is 0.869. The number of rotatable bonds is 6. The summed E-state index contributed by atoms with van der Waals surface area (Å²) in [7, 11) is 0. The van der Waals surface area contributed by atoms with E-state index in [0.717, 1.165) is 31.2 Å². The Morgan fingerprint density at radius 3 is 2.17 bits per heavy atom. The normalized spacial score (nSPS) is 21.0. The first kappa shape index (κ1) is 17.5. The maximum atomic E-state index is 12.8. The van der Waals surface area contributed by atoms with E-state index in [1.165, 1.54) is 5.56 Å². The predicted molar refractivity (Wildman–Crippen MR) is 90.5 cm³/mol. The minimum absolute atomic E-state index is 0.0642. The molecule has 0 heterocycles. The molecule has 0 aromatic heterocycles. The monoisotopic (exact) mass is 317 g/mol. The number of hydrogen-bond donors (Lipinski definition) is 1. The van der Waals surface area contributed by atoms with E-state index in [1.807, 2.05) is 36.1 Å². The zero-order chi connectivity index (χ0) is 16.8. The zero-order valence-electron chi connectivity index (χ0n) is 14.1. The number of amides is 1. The molecule has 0 unspecified atom stereocenters. The highest BCUT2D eigenvalue weighted by atomic mass is 16.4. The minimum Gasteiger partial charge on any atom is -0.481 e. The molecule has 4 heteroatoms. The third-order valence-corrected chi connectivity index (χ3v) is 4.83. The van der Waals surface area contributed by atoms with Gasteiger partial charge in [0.2, 0.25) is 0 Å². The smallest absolute Gasteiger partial charge is 0.306 e. The van der Waals surface area contributed by atoms with Gasteiger partial charge in [0, 0.05) is 18.2 Å². The Kier molecular flexibility index (Phi) is 6.20. The van der Waals surface area contributed by atoms with E-state index in [4.69, 9.17) is 5.11 Å². The molecule has 1 amide bonds. The molecule has 0 saturated heterocycles. The number of carbonyl (C=O) groups is 2. The van der Waals surface area contributed by atoms with Crippen LogP contribution in [0, 0.1) is 5.92 Å². The predicted octanol–water partition coefficient (Wildman–Crippen LogP) is 3.74. The Hall–Kier alpha value is -1.84. The molecule has 0 atom stereocenters. The first-order chi connectivity index (χ1) is 11.1. The van der Waals surface area contributed by atoms with Crippen molar-refractivity contribution >= 4 is 11.9 Å². The number of hydrogen-bond acceptors (Lipinski definition) is 2. The molecule has 1 aliphatic rings. The lowest BCUT2D eigenvalue weighted by Gasteiger charge is -2.35. The average Bonchev–Trinajstić information content (AvgIpc) is 2.57. The number of carbonyl (C=O) groups excluding carboxylic acids is 1. The first-order valence-corrected chi connectivity index (χ1v) is 8.69. The second-order valence-corrected chi connectivity index (χ2v) is 6.38. The van der Waals surface area contributed by atoms with Crippen LogP contribution in [0.4, 0.5) is 0 Å². The fourth-order valence-corrected chi connectivity index (χ4v) is 3.47. The molecule has 2 rings (SSSR count). The van der Waals surface area contributed by atoms with Crippen molar-refractivity contribution in [3.63, 3.8) is 0 Å². The SMILES string of the molecule is CCCc1ccc(C(=O)N(CC)C2CCC(C(=O)O)CC2)cc1. The van der Waals surface area contributed by atoms with Gasteiger partial charge in [-0.15, -0.1) is 0 Å². The molecular weight excluding hydrogens is 290 g/mol. The van der Waals surface area contributed by atoms with Gasteiger partial charge in [0.05, 0.1) is 5.92 Å². The summed E-state index contributed by atoms with van der Waals surface area (Å²) in [5.41, 5.74) is 1.99. The van der Waals surface area contributed by atoms with Crippen LogP contribution in [0.1, 0.15) is 61.9 Å². The van der Waals surface area contributed by atoms with E-state index in [2.05, 4.69) is 6.92 Å². The van der Waals surface area contributed by atoms with Crippen molar-refractivity contribution in [2.45, 2.75) is 58.4 Å². The molecule has 0 aliphatic heterocycles. The number of carboxylic acids is 1. The molecule has 1 saturated carbocycles. The van der Waals surface area contributed by atoms with Crippen LogP contribution in [0.5, 0.6) is 0 Å². The van der Waals surface area contributed by atoms with Crippen LogP contribution in [0.25, 0.3) is 0 Å². The van der Waals surface area contributed by atoms with E-state index in [1.54, 1.807) is 0 Å². The Morgan fingerprint density at radius 1 is 1.09 bits per heavy atom. The van der Waals surface area contributed by atoms with Crippen molar-refractivity contribution in [2.75, 3.05) is 6.54 Å². The Bertz CT molecular complexity index is 530. The van der Waals surface area contributed by atoms with Gasteiger partial charge in [-0.1, -0.05) is 25.5 Å². The van der Waals surface area contributed by atoms with Crippen LogP contribution in [0.2, 0.25) is 0 Å². The fraction of sp³-hybridized carbons (Fsp3) is 0.579. The molecule has 1 aliphatic carbocycles. The van der Waals surface area contributed by atoms with Crippen molar-refractivity contribution in [3.05, 3.63) is 35.4 Å². The van der Waals surface area contributed by atoms with Gasteiger partial charge in [-0.25, -0.2) is 0 Å². The number of nitrogens with zero attached hydrogens (tertiary/aromatic N) is 1.